The largest absolute Gasteiger partial charge is 0.465 e. The Morgan fingerprint density at radius 2 is 1.84 bits per heavy atom. The molecule has 0 radical (unpaired) electrons. The van der Waals surface area contributed by atoms with E-state index in [9.17, 15) is 9.59 Å². The summed E-state index contributed by atoms with van der Waals surface area (Å²) < 4.78 is 4.84. The van der Waals surface area contributed by atoms with Crippen molar-refractivity contribution in [1.29, 1.82) is 0 Å². The summed E-state index contributed by atoms with van der Waals surface area (Å²) >= 11 is 1.31. The van der Waals surface area contributed by atoms with Crippen molar-refractivity contribution in [1.82, 2.24) is 0 Å². The lowest BCUT2D eigenvalue weighted by molar-refractivity contribution is -0.139. The first kappa shape index (κ1) is 15.8. The van der Waals surface area contributed by atoms with E-state index < -0.39 is 0 Å². The van der Waals surface area contributed by atoms with Crippen LogP contribution in [0.5, 0.6) is 0 Å². The molecular weight excluding hydrogens is 260 g/mol. The minimum absolute atomic E-state index is 0.0527. The average molecular weight is 280 g/mol. The summed E-state index contributed by atoms with van der Waals surface area (Å²) in [5.41, 5.74) is 1.91. The second kappa shape index (κ2) is 8.00. The van der Waals surface area contributed by atoms with Gasteiger partial charge in [-0.2, -0.15) is 0 Å². The molecule has 0 amide bonds. The molecule has 0 heterocycles. The zero-order valence-corrected chi connectivity index (χ0v) is 12.5. The van der Waals surface area contributed by atoms with E-state index >= 15 is 0 Å². The minimum atomic E-state index is -0.270. The van der Waals surface area contributed by atoms with Crippen LogP contribution < -0.4 is 0 Å². The monoisotopic (exact) mass is 280 g/mol. The summed E-state index contributed by atoms with van der Waals surface area (Å²) in [7, 11) is 0. The lowest BCUT2D eigenvalue weighted by Crippen LogP contribution is -2.17. The molecule has 0 aliphatic rings. The SMILES string of the molecule is CCOC(=O)CSC(C)C(=O)c1ccc(CC)cc1. The Kier molecular flexibility index (Phi) is 6.64. The summed E-state index contributed by atoms with van der Waals surface area (Å²) in [5, 5.41) is -0.239. The van der Waals surface area contributed by atoms with Crippen molar-refractivity contribution in [3.63, 3.8) is 0 Å². The number of hydrogen-bond donors (Lipinski definition) is 0. The Labute approximate surface area is 118 Å². The molecule has 4 heteroatoms. The van der Waals surface area contributed by atoms with E-state index in [0.29, 0.717) is 12.2 Å². The maximum Gasteiger partial charge on any atom is 0.315 e. The fourth-order valence-corrected chi connectivity index (χ4v) is 2.37. The van der Waals surface area contributed by atoms with Gasteiger partial charge in [0, 0.05) is 5.56 Å². The van der Waals surface area contributed by atoms with E-state index in [1.807, 2.05) is 31.2 Å². The first-order chi connectivity index (χ1) is 9.08. The topological polar surface area (TPSA) is 43.4 Å². The number of carbonyl (C=O) groups excluding carboxylic acids is 2. The number of Topliss-reactive ketones (excluding diaryl/α,β-unsaturated/α-hetero) is 1. The van der Waals surface area contributed by atoms with Crippen LogP contribution in [0.4, 0.5) is 0 Å². The van der Waals surface area contributed by atoms with Crippen molar-refractivity contribution >= 4 is 23.5 Å². The zero-order chi connectivity index (χ0) is 14.3. The average Bonchev–Trinajstić information content (AvgIpc) is 2.44. The Hall–Kier alpha value is -1.29. The van der Waals surface area contributed by atoms with Crippen LogP contribution in [-0.2, 0) is 16.0 Å². The van der Waals surface area contributed by atoms with Crippen molar-refractivity contribution in [3.8, 4) is 0 Å². The number of carbonyl (C=O) groups is 2. The molecule has 0 aliphatic carbocycles. The first-order valence-electron chi connectivity index (χ1n) is 6.48. The summed E-state index contributed by atoms with van der Waals surface area (Å²) in [4.78, 5) is 23.4. The van der Waals surface area contributed by atoms with E-state index in [4.69, 9.17) is 4.74 Å². The molecule has 0 aromatic heterocycles. The molecule has 3 nitrogen and oxygen atoms in total. The third-order valence-corrected chi connectivity index (χ3v) is 3.89. The molecule has 0 saturated carbocycles. The third kappa shape index (κ3) is 5.07. The summed E-state index contributed by atoms with van der Waals surface area (Å²) in [6.45, 7) is 6.04. The van der Waals surface area contributed by atoms with Gasteiger partial charge in [0.2, 0.25) is 0 Å². The van der Waals surface area contributed by atoms with Crippen molar-refractivity contribution in [2.75, 3.05) is 12.4 Å². The van der Waals surface area contributed by atoms with Gasteiger partial charge in [0.15, 0.2) is 5.78 Å². The number of thioether (sulfide) groups is 1. The van der Waals surface area contributed by atoms with Crippen LogP contribution in [0.25, 0.3) is 0 Å². The van der Waals surface area contributed by atoms with Crippen LogP contribution in [0.2, 0.25) is 0 Å². The number of hydrogen-bond acceptors (Lipinski definition) is 4. The lowest BCUT2D eigenvalue weighted by atomic mass is 10.1. The van der Waals surface area contributed by atoms with Gasteiger partial charge in [-0.3, -0.25) is 9.59 Å². The molecule has 1 unspecified atom stereocenters. The maximum absolute atomic E-state index is 12.1. The molecule has 1 aromatic carbocycles. The second-order valence-corrected chi connectivity index (χ2v) is 5.50. The fourth-order valence-electron chi connectivity index (χ4n) is 1.61. The van der Waals surface area contributed by atoms with Crippen LogP contribution in [0.15, 0.2) is 24.3 Å². The van der Waals surface area contributed by atoms with Gasteiger partial charge < -0.3 is 4.74 Å². The van der Waals surface area contributed by atoms with Crippen LogP contribution >= 0.6 is 11.8 Å². The standard InChI is InChI=1S/C15H20O3S/c1-4-12-6-8-13(9-7-12)15(17)11(3)19-10-14(16)18-5-2/h6-9,11H,4-5,10H2,1-3H3. The fraction of sp³-hybridized carbons (Fsp3) is 0.467. The molecule has 1 aromatic rings. The van der Waals surface area contributed by atoms with E-state index in [-0.39, 0.29) is 22.8 Å². The van der Waals surface area contributed by atoms with Gasteiger partial charge in [0.25, 0.3) is 0 Å². The van der Waals surface area contributed by atoms with Crippen molar-refractivity contribution in [2.45, 2.75) is 32.4 Å². The van der Waals surface area contributed by atoms with Gasteiger partial charge in [-0.05, 0) is 25.8 Å². The highest BCUT2D eigenvalue weighted by molar-refractivity contribution is 8.01. The van der Waals surface area contributed by atoms with E-state index in [1.165, 1.54) is 17.3 Å². The zero-order valence-electron chi connectivity index (χ0n) is 11.6. The third-order valence-electron chi connectivity index (χ3n) is 2.77. The van der Waals surface area contributed by atoms with Crippen molar-refractivity contribution < 1.29 is 14.3 Å². The van der Waals surface area contributed by atoms with Gasteiger partial charge in [-0.25, -0.2) is 0 Å². The van der Waals surface area contributed by atoms with Gasteiger partial charge in [-0.1, -0.05) is 31.2 Å². The molecule has 0 aliphatic heterocycles. The normalized spacial score (nSPS) is 11.9. The van der Waals surface area contributed by atoms with E-state index in [2.05, 4.69) is 6.92 Å². The molecule has 0 bridgehead atoms. The summed E-state index contributed by atoms with van der Waals surface area (Å²) in [6.07, 6.45) is 0.960. The first-order valence-corrected chi connectivity index (χ1v) is 7.53. The Morgan fingerprint density at radius 3 is 2.37 bits per heavy atom. The molecular formula is C15H20O3S. The molecule has 0 spiro atoms. The number of esters is 1. The molecule has 1 atom stereocenters. The van der Waals surface area contributed by atoms with Crippen LogP contribution in [-0.4, -0.2) is 29.4 Å². The second-order valence-electron chi connectivity index (χ2n) is 4.17. The molecule has 1 rings (SSSR count). The Bertz CT molecular complexity index is 426. The van der Waals surface area contributed by atoms with Crippen LogP contribution in [0.1, 0.15) is 36.7 Å². The Morgan fingerprint density at radius 1 is 1.21 bits per heavy atom. The highest BCUT2D eigenvalue weighted by Crippen LogP contribution is 2.17. The number of aryl methyl sites for hydroxylation is 1. The predicted molar refractivity (Wildman–Crippen MR) is 78.7 cm³/mol. The molecule has 104 valence electrons. The van der Waals surface area contributed by atoms with Crippen LogP contribution in [0, 0.1) is 0 Å². The van der Waals surface area contributed by atoms with E-state index in [1.54, 1.807) is 6.92 Å². The number of benzene rings is 1. The summed E-state index contributed by atoms with van der Waals surface area (Å²) in [5.74, 6) is -0.00113. The Balaban J connectivity index is 2.53. The highest BCUT2D eigenvalue weighted by atomic mass is 32.2. The molecule has 0 fully saturated rings. The number of rotatable bonds is 7. The molecule has 0 saturated heterocycles. The van der Waals surface area contributed by atoms with Gasteiger partial charge >= 0.3 is 5.97 Å². The molecule has 0 N–H and O–H groups in total. The van der Waals surface area contributed by atoms with Gasteiger partial charge in [0.05, 0.1) is 17.6 Å². The van der Waals surface area contributed by atoms with Crippen molar-refractivity contribution in [2.24, 2.45) is 0 Å². The number of ketones is 1. The van der Waals surface area contributed by atoms with Gasteiger partial charge in [-0.15, -0.1) is 11.8 Å². The lowest BCUT2D eigenvalue weighted by Gasteiger charge is -2.10. The minimum Gasteiger partial charge on any atom is -0.465 e. The summed E-state index contributed by atoms with van der Waals surface area (Å²) in [6, 6.07) is 7.64. The predicted octanol–water partition coefficient (Wildman–Crippen LogP) is 3.12. The number of ether oxygens (including phenoxy) is 1. The van der Waals surface area contributed by atoms with Crippen molar-refractivity contribution in [3.05, 3.63) is 35.4 Å². The quantitative estimate of drug-likeness (QED) is 0.568. The highest BCUT2D eigenvalue weighted by Gasteiger charge is 2.17. The van der Waals surface area contributed by atoms with Gasteiger partial charge in [0.1, 0.15) is 0 Å². The smallest absolute Gasteiger partial charge is 0.315 e. The molecule has 19 heavy (non-hydrogen) atoms. The maximum atomic E-state index is 12.1. The van der Waals surface area contributed by atoms with Crippen LogP contribution in [0.3, 0.4) is 0 Å². The van der Waals surface area contributed by atoms with E-state index in [0.717, 1.165) is 6.42 Å².